The second-order valence-corrected chi connectivity index (χ2v) is 8.22. The number of hydrogen-bond acceptors (Lipinski definition) is 3. The van der Waals surface area contributed by atoms with E-state index < -0.39 is 0 Å². The lowest BCUT2D eigenvalue weighted by atomic mass is 9.95. The lowest BCUT2D eigenvalue weighted by Gasteiger charge is -2.23. The zero-order chi connectivity index (χ0) is 21.9. The van der Waals surface area contributed by atoms with Gasteiger partial charge in [-0.05, 0) is 66.6 Å². The first kappa shape index (κ1) is 24.4. The van der Waals surface area contributed by atoms with Crippen molar-refractivity contribution in [1.82, 2.24) is 10.3 Å². The maximum atomic E-state index is 9.50. The molecule has 0 spiro atoms. The van der Waals surface area contributed by atoms with Crippen LogP contribution >= 0.6 is 23.2 Å². The van der Waals surface area contributed by atoms with E-state index in [-0.39, 0.29) is 5.75 Å². The smallest absolute Gasteiger partial charge is 0.134 e. The molecule has 0 atom stereocenters. The summed E-state index contributed by atoms with van der Waals surface area (Å²) in [4.78, 5) is 3.94. The molecule has 4 rings (SSSR count). The van der Waals surface area contributed by atoms with Gasteiger partial charge in [-0.3, -0.25) is 9.37 Å². The number of phenolic OH excluding ortho intramolecular Hbond substituents is 1. The van der Waals surface area contributed by atoms with E-state index in [1.54, 1.807) is 24.5 Å². The molecular weight excluding hydrogens is 422 g/mol. The normalized spacial score (nSPS) is 13.8. The van der Waals surface area contributed by atoms with Crippen LogP contribution in [0.25, 0.3) is 10.8 Å². The van der Waals surface area contributed by atoms with E-state index in [0.29, 0.717) is 18.2 Å². The summed E-state index contributed by atoms with van der Waals surface area (Å²) in [5.41, 5.74) is 2.54. The second kappa shape index (κ2) is 12.7. The van der Waals surface area contributed by atoms with Crippen molar-refractivity contribution < 1.29 is 9.50 Å². The average molecular weight is 451 g/mol. The molecule has 0 bridgehead atoms. The highest BCUT2D eigenvalue weighted by Gasteiger charge is 2.12. The lowest BCUT2D eigenvalue weighted by molar-refractivity contribution is 0.372. The maximum Gasteiger partial charge on any atom is 0.134 e. The van der Waals surface area contributed by atoms with Gasteiger partial charge >= 0.3 is 0 Å². The fraction of sp³-hybridized carbons (Fsp3) is 0.375. The van der Waals surface area contributed by atoms with Crippen LogP contribution in [0, 0.1) is 6.92 Å². The molecule has 1 heterocycles. The molecule has 1 aliphatic rings. The Morgan fingerprint density at radius 1 is 1.03 bits per heavy atom. The summed E-state index contributed by atoms with van der Waals surface area (Å²) in [6, 6.07) is 12.1. The third-order valence-electron chi connectivity index (χ3n) is 5.01. The number of benzene rings is 2. The molecule has 162 valence electrons. The molecule has 1 aromatic heterocycles. The van der Waals surface area contributed by atoms with Gasteiger partial charge in [0.25, 0.3) is 0 Å². The Morgan fingerprint density at radius 2 is 1.77 bits per heavy atom. The van der Waals surface area contributed by atoms with E-state index in [1.165, 1.54) is 43.2 Å². The molecule has 1 fully saturated rings. The highest BCUT2D eigenvalue weighted by Crippen LogP contribution is 2.28. The summed E-state index contributed by atoms with van der Waals surface area (Å²) in [6.07, 6.45) is 10.2. The number of rotatable bonds is 3. The largest absolute Gasteiger partial charge is 0.506 e. The Hall–Kier alpha value is -1.88. The minimum Gasteiger partial charge on any atom is -0.506 e. The number of aromatic nitrogens is 1. The van der Waals surface area contributed by atoms with Crippen LogP contribution in [-0.2, 0) is 6.54 Å². The molecule has 0 amide bonds. The van der Waals surface area contributed by atoms with E-state index in [2.05, 4.69) is 29.4 Å². The van der Waals surface area contributed by atoms with Crippen molar-refractivity contribution in [3.05, 3.63) is 70.0 Å². The highest BCUT2D eigenvalue weighted by atomic mass is 35.5. The Labute approximate surface area is 188 Å². The summed E-state index contributed by atoms with van der Waals surface area (Å²) in [7, 11) is 0.500. The average Bonchev–Trinajstić information content (AvgIpc) is 2.75. The van der Waals surface area contributed by atoms with Crippen LogP contribution in [-0.4, -0.2) is 23.3 Å². The first-order valence-corrected chi connectivity index (χ1v) is 10.9. The number of aryl methyl sites for hydroxylation is 1. The van der Waals surface area contributed by atoms with Crippen molar-refractivity contribution in [3.63, 3.8) is 0 Å². The summed E-state index contributed by atoms with van der Waals surface area (Å²) >= 11 is 11.8. The zero-order valence-corrected chi connectivity index (χ0v) is 19.0. The standard InChI is InChI=1S/C14H20ClN.C9H6ClNO.CH3F/c1-11-7-12(9-13(15)8-11)10-16-14-5-3-2-4-6-14;10-8-3-7-5-11-2-1-6(7)4-9(8)12;1-2/h7-9,14,16H,2-6,10H2,1H3;1-5,12H;1H3. The van der Waals surface area contributed by atoms with Crippen LogP contribution in [0.1, 0.15) is 43.2 Å². The summed E-state index contributed by atoms with van der Waals surface area (Å²) in [5.74, 6) is 0.107. The van der Waals surface area contributed by atoms with Crippen LogP contribution in [0.4, 0.5) is 4.39 Å². The lowest BCUT2D eigenvalue weighted by Crippen LogP contribution is -2.30. The molecule has 1 aliphatic carbocycles. The van der Waals surface area contributed by atoms with Crippen molar-refractivity contribution in [3.8, 4) is 5.75 Å². The molecule has 0 saturated heterocycles. The van der Waals surface area contributed by atoms with Crippen LogP contribution in [0.15, 0.2) is 48.8 Å². The molecule has 2 N–H and O–H groups in total. The quantitative estimate of drug-likeness (QED) is 0.441. The second-order valence-electron chi connectivity index (χ2n) is 7.38. The number of phenols is 1. The van der Waals surface area contributed by atoms with Gasteiger partial charge in [0.15, 0.2) is 0 Å². The third-order valence-corrected chi connectivity index (χ3v) is 5.53. The fourth-order valence-corrected chi connectivity index (χ4v) is 4.06. The van der Waals surface area contributed by atoms with Crippen LogP contribution in [0.5, 0.6) is 5.75 Å². The Balaban J connectivity index is 0.000000204. The summed E-state index contributed by atoms with van der Waals surface area (Å²) in [5, 5.41) is 16.0. The highest BCUT2D eigenvalue weighted by molar-refractivity contribution is 6.32. The molecule has 0 aliphatic heterocycles. The van der Waals surface area contributed by atoms with E-state index >= 15 is 0 Å². The van der Waals surface area contributed by atoms with Gasteiger partial charge in [-0.15, -0.1) is 0 Å². The SMILES string of the molecule is CF.Cc1cc(Cl)cc(CNC2CCCCC2)c1.Oc1cc2ccncc2cc1Cl. The van der Waals surface area contributed by atoms with Crippen LogP contribution in [0.2, 0.25) is 10.0 Å². The predicted octanol–water partition coefficient (Wildman–Crippen LogP) is 7.25. The molecule has 2 aromatic carbocycles. The number of aromatic hydroxyl groups is 1. The van der Waals surface area contributed by atoms with Crippen molar-refractivity contribution in [1.29, 1.82) is 0 Å². The molecule has 3 nitrogen and oxygen atoms in total. The summed E-state index contributed by atoms with van der Waals surface area (Å²) in [6.45, 7) is 3.04. The van der Waals surface area contributed by atoms with Gasteiger partial charge < -0.3 is 10.4 Å². The van der Waals surface area contributed by atoms with Crippen LogP contribution < -0.4 is 5.32 Å². The number of nitrogens with zero attached hydrogens (tertiary/aromatic N) is 1. The van der Waals surface area contributed by atoms with Crippen molar-refractivity contribution in [2.24, 2.45) is 0 Å². The van der Waals surface area contributed by atoms with Gasteiger partial charge in [0.1, 0.15) is 5.75 Å². The fourth-order valence-electron chi connectivity index (χ4n) is 3.58. The van der Waals surface area contributed by atoms with E-state index in [9.17, 15) is 9.50 Å². The number of alkyl halides is 1. The molecule has 1 saturated carbocycles. The van der Waals surface area contributed by atoms with Gasteiger partial charge in [-0.1, -0.05) is 48.5 Å². The number of pyridine rings is 1. The van der Waals surface area contributed by atoms with Crippen molar-refractivity contribution >= 4 is 34.0 Å². The van der Waals surface area contributed by atoms with Gasteiger partial charge in [0.2, 0.25) is 0 Å². The summed E-state index contributed by atoms with van der Waals surface area (Å²) < 4.78 is 9.50. The van der Waals surface area contributed by atoms with E-state index in [4.69, 9.17) is 23.2 Å². The minimum absolute atomic E-state index is 0.107. The Morgan fingerprint density at radius 3 is 2.47 bits per heavy atom. The molecular formula is C24H29Cl2FN2O. The van der Waals surface area contributed by atoms with E-state index in [1.807, 2.05) is 12.1 Å². The molecule has 0 unspecified atom stereocenters. The van der Waals surface area contributed by atoms with Gasteiger partial charge in [0, 0.05) is 35.4 Å². The predicted molar refractivity (Wildman–Crippen MR) is 125 cm³/mol. The Bertz CT molecular complexity index is 869. The minimum atomic E-state index is 0.107. The third kappa shape index (κ3) is 7.75. The molecule has 30 heavy (non-hydrogen) atoms. The van der Waals surface area contributed by atoms with Crippen molar-refractivity contribution in [2.75, 3.05) is 7.18 Å². The van der Waals surface area contributed by atoms with E-state index in [0.717, 1.165) is 22.3 Å². The van der Waals surface area contributed by atoms with Crippen LogP contribution in [0.3, 0.4) is 0 Å². The van der Waals surface area contributed by atoms with Crippen molar-refractivity contribution in [2.45, 2.75) is 51.6 Å². The number of halogens is 3. The number of fused-ring (bicyclic) bond motifs is 1. The first-order valence-electron chi connectivity index (χ1n) is 10.1. The maximum absolute atomic E-state index is 9.50. The Kier molecular flexibility index (Phi) is 10.4. The zero-order valence-electron chi connectivity index (χ0n) is 17.5. The van der Waals surface area contributed by atoms with Gasteiger partial charge in [0.05, 0.1) is 12.2 Å². The molecule has 0 radical (unpaired) electrons. The molecule has 3 aromatic rings. The topological polar surface area (TPSA) is 45.1 Å². The van der Waals surface area contributed by atoms with Gasteiger partial charge in [-0.25, -0.2) is 0 Å². The molecule has 6 heteroatoms. The van der Waals surface area contributed by atoms with Gasteiger partial charge in [-0.2, -0.15) is 0 Å². The first-order chi connectivity index (χ1) is 14.5. The number of nitrogens with one attached hydrogen (secondary N) is 1. The monoisotopic (exact) mass is 450 g/mol. The number of hydrogen-bond donors (Lipinski definition) is 2.